The van der Waals surface area contributed by atoms with Gasteiger partial charge in [0.2, 0.25) is 11.8 Å². The first-order chi connectivity index (χ1) is 16.0. The lowest BCUT2D eigenvalue weighted by atomic mass is 9.93. The first-order valence-corrected chi connectivity index (χ1v) is 10.8. The van der Waals surface area contributed by atoms with E-state index in [1.807, 2.05) is 6.07 Å². The molecule has 0 saturated heterocycles. The molecular weight excluding hydrogens is 425 g/mol. The molecule has 0 saturated carbocycles. The predicted molar refractivity (Wildman–Crippen MR) is 120 cm³/mol. The van der Waals surface area contributed by atoms with Crippen LogP contribution in [0.25, 0.3) is 0 Å². The lowest BCUT2D eigenvalue weighted by Gasteiger charge is -2.17. The number of fused-ring (bicyclic) bond motifs is 1. The van der Waals surface area contributed by atoms with Crippen LogP contribution in [0.4, 0.5) is 10.1 Å². The van der Waals surface area contributed by atoms with Crippen molar-refractivity contribution in [2.75, 3.05) is 11.9 Å². The summed E-state index contributed by atoms with van der Waals surface area (Å²) in [5, 5.41) is 8.27. The van der Waals surface area contributed by atoms with Crippen LogP contribution in [0.15, 0.2) is 71.3 Å². The van der Waals surface area contributed by atoms with Crippen molar-refractivity contribution in [1.82, 2.24) is 10.6 Å². The molecule has 0 fully saturated rings. The summed E-state index contributed by atoms with van der Waals surface area (Å²) < 4.78 is 18.8. The summed E-state index contributed by atoms with van der Waals surface area (Å²) in [5.41, 5.74) is 1.73. The second-order valence-corrected chi connectivity index (χ2v) is 7.86. The Morgan fingerprint density at radius 1 is 1.06 bits per heavy atom. The second-order valence-electron chi connectivity index (χ2n) is 7.86. The number of rotatable bonds is 8. The van der Waals surface area contributed by atoms with E-state index >= 15 is 0 Å². The third kappa shape index (κ3) is 5.46. The molecule has 1 aromatic heterocycles. The molecule has 7 nitrogen and oxygen atoms in total. The molecule has 2 aromatic carbocycles. The van der Waals surface area contributed by atoms with Crippen molar-refractivity contribution in [3.8, 4) is 0 Å². The number of benzene rings is 2. The Morgan fingerprint density at radius 2 is 1.85 bits per heavy atom. The molecule has 0 aliphatic carbocycles. The molecule has 33 heavy (non-hydrogen) atoms. The number of furan rings is 1. The lowest BCUT2D eigenvalue weighted by molar-refractivity contribution is -0.121. The van der Waals surface area contributed by atoms with Gasteiger partial charge in [0.25, 0.3) is 5.91 Å². The summed E-state index contributed by atoms with van der Waals surface area (Å²) >= 11 is 0. The van der Waals surface area contributed by atoms with Crippen molar-refractivity contribution in [3.63, 3.8) is 0 Å². The smallest absolute Gasteiger partial charge is 0.254 e. The summed E-state index contributed by atoms with van der Waals surface area (Å²) in [4.78, 5) is 37.2. The summed E-state index contributed by atoms with van der Waals surface area (Å²) in [6.07, 6.45) is 2.39. The Kier molecular flexibility index (Phi) is 6.83. The molecule has 0 bridgehead atoms. The molecule has 2 heterocycles. The van der Waals surface area contributed by atoms with Gasteiger partial charge in [0.1, 0.15) is 17.6 Å². The van der Waals surface area contributed by atoms with E-state index in [1.54, 1.807) is 48.7 Å². The molecule has 1 aliphatic rings. The van der Waals surface area contributed by atoms with E-state index in [-0.39, 0.29) is 42.3 Å². The summed E-state index contributed by atoms with van der Waals surface area (Å²) in [6.45, 7) is 0.371. The normalized spacial score (nSPS) is 16.2. The van der Waals surface area contributed by atoms with Gasteiger partial charge in [-0.15, -0.1) is 0 Å². The van der Waals surface area contributed by atoms with Crippen LogP contribution >= 0.6 is 0 Å². The first-order valence-electron chi connectivity index (χ1n) is 10.8. The Labute approximate surface area is 190 Å². The maximum Gasteiger partial charge on any atom is 0.254 e. The van der Waals surface area contributed by atoms with Crippen LogP contribution in [0.3, 0.4) is 0 Å². The van der Waals surface area contributed by atoms with E-state index in [0.717, 1.165) is 11.3 Å². The molecule has 8 heteroatoms. The molecular formula is C25H24FN3O4. The fourth-order valence-corrected chi connectivity index (χ4v) is 3.89. The Balaban J connectivity index is 1.29. The number of carbonyl (C=O) groups excluding carboxylic acids is 3. The largest absolute Gasteiger partial charge is 0.469 e. The zero-order valence-corrected chi connectivity index (χ0v) is 17.8. The van der Waals surface area contributed by atoms with E-state index in [9.17, 15) is 18.8 Å². The van der Waals surface area contributed by atoms with Gasteiger partial charge in [-0.3, -0.25) is 14.4 Å². The number of hydrogen-bond donors (Lipinski definition) is 3. The van der Waals surface area contributed by atoms with Crippen LogP contribution in [0.1, 0.15) is 46.9 Å². The maximum absolute atomic E-state index is 13.3. The van der Waals surface area contributed by atoms with Crippen LogP contribution in [0.5, 0.6) is 0 Å². The number of nitrogens with one attached hydrogen (secondary N) is 3. The van der Waals surface area contributed by atoms with E-state index in [1.165, 1.54) is 12.1 Å². The molecule has 3 N–H and O–H groups in total. The minimum Gasteiger partial charge on any atom is -0.469 e. The number of halogens is 1. The van der Waals surface area contributed by atoms with Crippen molar-refractivity contribution in [2.24, 2.45) is 0 Å². The Bertz CT molecular complexity index is 1130. The van der Waals surface area contributed by atoms with Crippen molar-refractivity contribution in [1.29, 1.82) is 0 Å². The summed E-state index contributed by atoms with van der Waals surface area (Å²) in [5.74, 6) is -0.649. The van der Waals surface area contributed by atoms with Gasteiger partial charge >= 0.3 is 0 Å². The van der Waals surface area contributed by atoms with Gasteiger partial charge in [0.05, 0.1) is 17.5 Å². The fraction of sp³-hybridized carbons (Fsp3) is 0.240. The molecule has 3 aromatic rings. The van der Waals surface area contributed by atoms with Gasteiger partial charge in [-0.05, 0) is 54.8 Å². The Hall–Kier alpha value is -3.94. The molecule has 0 unspecified atom stereocenters. The number of hydrogen-bond acceptors (Lipinski definition) is 4. The molecule has 2 atom stereocenters. The third-order valence-corrected chi connectivity index (χ3v) is 5.63. The summed E-state index contributed by atoms with van der Waals surface area (Å²) in [6, 6.07) is 15.8. The zero-order valence-electron chi connectivity index (χ0n) is 17.8. The van der Waals surface area contributed by atoms with Crippen LogP contribution in [-0.4, -0.2) is 30.3 Å². The van der Waals surface area contributed by atoms with Gasteiger partial charge in [0, 0.05) is 18.9 Å². The van der Waals surface area contributed by atoms with Crippen molar-refractivity contribution >= 4 is 23.4 Å². The molecule has 0 radical (unpaired) electrons. The second kappa shape index (κ2) is 10.1. The lowest BCUT2D eigenvalue weighted by Crippen LogP contribution is -2.42. The Morgan fingerprint density at radius 3 is 2.61 bits per heavy atom. The van der Waals surface area contributed by atoms with Crippen molar-refractivity contribution < 1.29 is 23.2 Å². The van der Waals surface area contributed by atoms with Crippen LogP contribution < -0.4 is 16.0 Å². The van der Waals surface area contributed by atoms with Gasteiger partial charge in [-0.25, -0.2) is 4.39 Å². The average molecular weight is 449 g/mol. The molecule has 1 aliphatic heterocycles. The van der Waals surface area contributed by atoms with Gasteiger partial charge in [-0.1, -0.05) is 24.3 Å². The highest BCUT2D eigenvalue weighted by Gasteiger charge is 2.28. The molecule has 4 rings (SSSR count). The standard InChI is InChI=1S/C25H24FN3O4/c26-17-9-7-16(8-10-17)18(22-6-3-15-33-22)13-14-27-23(30)12-11-21-25(32)28-20-5-2-1-4-19(20)24(31)29-21/h1-10,15,18,21H,11-14H2,(H,27,30)(H,28,32)(H,29,31)/t18-,21+/m1/s1. The number of amides is 3. The highest BCUT2D eigenvalue weighted by atomic mass is 19.1. The minimum atomic E-state index is -0.800. The van der Waals surface area contributed by atoms with E-state index in [4.69, 9.17) is 4.42 Å². The highest BCUT2D eigenvalue weighted by Crippen LogP contribution is 2.28. The monoisotopic (exact) mass is 449 g/mol. The topological polar surface area (TPSA) is 100 Å². The average Bonchev–Trinajstić information content (AvgIpc) is 3.31. The SMILES string of the molecule is O=C(CC[C@@H]1NC(=O)c2ccccc2NC1=O)NCC[C@H](c1ccc(F)cc1)c1ccco1. The fourth-order valence-electron chi connectivity index (χ4n) is 3.89. The molecule has 170 valence electrons. The third-order valence-electron chi connectivity index (χ3n) is 5.63. The van der Waals surface area contributed by atoms with Crippen LogP contribution in [0, 0.1) is 5.82 Å². The van der Waals surface area contributed by atoms with E-state index in [2.05, 4.69) is 16.0 Å². The van der Waals surface area contributed by atoms with E-state index < -0.39 is 6.04 Å². The van der Waals surface area contributed by atoms with Crippen LogP contribution in [0.2, 0.25) is 0 Å². The first kappa shape index (κ1) is 22.3. The number of para-hydroxylation sites is 1. The molecule has 3 amide bonds. The van der Waals surface area contributed by atoms with Crippen molar-refractivity contribution in [2.45, 2.75) is 31.2 Å². The molecule has 0 spiro atoms. The van der Waals surface area contributed by atoms with E-state index in [0.29, 0.717) is 24.2 Å². The number of carbonyl (C=O) groups is 3. The highest BCUT2D eigenvalue weighted by molar-refractivity contribution is 6.09. The van der Waals surface area contributed by atoms with Gasteiger partial charge in [0.15, 0.2) is 0 Å². The van der Waals surface area contributed by atoms with Gasteiger partial charge in [-0.2, -0.15) is 0 Å². The zero-order chi connectivity index (χ0) is 23.2. The van der Waals surface area contributed by atoms with Crippen LogP contribution in [-0.2, 0) is 9.59 Å². The van der Waals surface area contributed by atoms with Gasteiger partial charge < -0.3 is 20.4 Å². The number of anilines is 1. The summed E-state index contributed by atoms with van der Waals surface area (Å²) in [7, 11) is 0. The maximum atomic E-state index is 13.3. The minimum absolute atomic E-state index is 0.0800. The quantitative estimate of drug-likeness (QED) is 0.489. The predicted octanol–water partition coefficient (Wildman–Crippen LogP) is 3.59. The van der Waals surface area contributed by atoms with Crippen molar-refractivity contribution in [3.05, 3.63) is 89.6 Å².